The van der Waals surface area contributed by atoms with Crippen LogP contribution in [0.15, 0.2) is 24.3 Å². The van der Waals surface area contributed by atoms with E-state index in [0.717, 1.165) is 37.3 Å². The number of rotatable bonds is 8. The summed E-state index contributed by atoms with van der Waals surface area (Å²) in [4.78, 5) is 27.7. The first-order chi connectivity index (χ1) is 11.0. The minimum atomic E-state index is -0.0486. The van der Waals surface area contributed by atoms with E-state index in [9.17, 15) is 9.59 Å². The molecule has 1 fully saturated rings. The van der Waals surface area contributed by atoms with Crippen LogP contribution in [0.5, 0.6) is 0 Å². The van der Waals surface area contributed by atoms with E-state index < -0.39 is 0 Å². The van der Waals surface area contributed by atoms with Crippen LogP contribution < -0.4 is 10.2 Å². The molecule has 0 radical (unpaired) electrons. The number of hydrogen-bond acceptors (Lipinski definition) is 3. The maximum absolute atomic E-state index is 12.1. The van der Waals surface area contributed by atoms with Gasteiger partial charge in [0.25, 0.3) is 0 Å². The fraction of sp³-hybridized carbons (Fsp3) is 0.556. The quantitative estimate of drug-likeness (QED) is 0.802. The van der Waals surface area contributed by atoms with E-state index >= 15 is 0 Å². The maximum atomic E-state index is 12.1. The van der Waals surface area contributed by atoms with Gasteiger partial charge in [-0.2, -0.15) is 0 Å². The van der Waals surface area contributed by atoms with E-state index in [4.69, 9.17) is 0 Å². The van der Waals surface area contributed by atoms with E-state index in [1.54, 1.807) is 6.92 Å². The smallest absolute Gasteiger partial charge is 0.226 e. The molecule has 5 heteroatoms. The van der Waals surface area contributed by atoms with Gasteiger partial charge in [-0.15, -0.1) is 0 Å². The van der Waals surface area contributed by atoms with E-state index in [-0.39, 0.29) is 11.8 Å². The maximum Gasteiger partial charge on any atom is 0.226 e. The zero-order chi connectivity index (χ0) is 16.8. The standard InChI is InChI=1S/C18H27N3O2/c1-4-20(5-2)16-8-6-15(7-9-16)19-18(23)12-13-21(14(3)22)17-10-11-17/h6-9,17H,4-5,10-13H2,1-3H3,(H,19,23). The van der Waals surface area contributed by atoms with Crippen LogP contribution in [0.1, 0.15) is 40.0 Å². The largest absolute Gasteiger partial charge is 0.372 e. The highest BCUT2D eigenvalue weighted by molar-refractivity contribution is 5.91. The van der Waals surface area contributed by atoms with Gasteiger partial charge in [-0.25, -0.2) is 0 Å². The Morgan fingerprint density at radius 1 is 1.13 bits per heavy atom. The van der Waals surface area contributed by atoms with Gasteiger partial charge in [-0.1, -0.05) is 0 Å². The van der Waals surface area contributed by atoms with E-state index in [1.807, 2.05) is 29.2 Å². The van der Waals surface area contributed by atoms with Gasteiger partial charge in [0.1, 0.15) is 0 Å². The summed E-state index contributed by atoms with van der Waals surface area (Å²) >= 11 is 0. The van der Waals surface area contributed by atoms with Crippen molar-refractivity contribution in [3.05, 3.63) is 24.3 Å². The molecule has 23 heavy (non-hydrogen) atoms. The Morgan fingerprint density at radius 3 is 2.22 bits per heavy atom. The number of carbonyl (C=O) groups excluding carboxylic acids is 2. The molecule has 0 aliphatic heterocycles. The fourth-order valence-electron chi connectivity index (χ4n) is 2.77. The second kappa shape index (κ2) is 7.99. The predicted molar refractivity (Wildman–Crippen MR) is 93.7 cm³/mol. The molecule has 0 spiro atoms. The van der Waals surface area contributed by atoms with Gasteiger partial charge in [0.2, 0.25) is 11.8 Å². The summed E-state index contributed by atoms with van der Waals surface area (Å²) in [5.74, 6) is 0.0105. The third-order valence-electron chi connectivity index (χ3n) is 4.25. The zero-order valence-electron chi connectivity index (χ0n) is 14.3. The Balaban J connectivity index is 1.84. The fourth-order valence-corrected chi connectivity index (χ4v) is 2.77. The van der Waals surface area contributed by atoms with Crippen LogP contribution in [0.25, 0.3) is 0 Å². The lowest BCUT2D eigenvalue weighted by Gasteiger charge is -2.21. The highest BCUT2D eigenvalue weighted by Crippen LogP contribution is 2.27. The van der Waals surface area contributed by atoms with E-state index in [2.05, 4.69) is 24.1 Å². The van der Waals surface area contributed by atoms with Crippen molar-refractivity contribution in [2.75, 3.05) is 29.9 Å². The molecule has 2 rings (SSSR count). The number of hydrogen-bond donors (Lipinski definition) is 1. The molecule has 0 heterocycles. The Kier molecular flexibility index (Phi) is 6.02. The predicted octanol–water partition coefficient (Wildman–Crippen LogP) is 2.87. The van der Waals surface area contributed by atoms with Crippen molar-refractivity contribution in [1.82, 2.24) is 4.90 Å². The SMILES string of the molecule is CCN(CC)c1ccc(NC(=O)CCN(C(C)=O)C2CC2)cc1. The van der Waals surface area contributed by atoms with Crippen molar-refractivity contribution in [2.45, 2.75) is 46.1 Å². The normalized spacial score (nSPS) is 13.5. The van der Waals surface area contributed by atoms with Crippen LogP contribution in [0.4, 0.5) is 11.4 Å². The van der Waals surface area contributed by atoms with Crippen LogP contribution in [0, 0.1) is 0 Å². The molecular weight excluding hydrogens is 290 g/mol. The average Bonchev–Trinajstić information content (AvgIpc) is 3.35. The third-order valence-corrected chi connectivity index (χ3v) is 4.25. The van der Waals surface area contributed by atoms with Crippen LogP contribution in [-0.2, 0) is 9.59 Å². The molecule has 0 aromatic heterocycles. The summed E-state index contributed by atoms with van der Waals surface area (Å²) in [7, 11) is 0. The molecule has 1 aliphatic rings. The number of anilines is 2. The summed E-state index contributed by atoms with van der Waals surface area (Å²) in [6.45, 7) is 8.25. The summed E-state index contributed by atoms with van der Waals surface area (Å²) in [6, 6.07) is 8.25. The molecule has 2 amide bonds. The Bertz CT molecular complexity index is 534. The van der Waals surface area contributed by atoms with Crippen LogP contribution in [-0.4, -0.2) is 42.4 Å². The molecule has 1 aromatic carbocycles. The lowest BCUT2D eigenvalue weighted by molar-refractivity contribution is -0.129. The highest BCUT2D eigenvalue weighted by atomic mass is 16.2. The van der Waals surface area contributed by atoms with Crippen molar-refractivity contribution in [2.24, 2.45) is 0 Å². The average molecular weight is 317 g/mol. The molecule has 0 saturated heterocycles. The summed E-state index contributed by atoms with van der Waals surface area (Å²) in [6.07, 6.45) is 2.47. The topological polar surface area (TPSA) is 52.7 Å². The number of nitrogens with zero attached hydrogens (tertiary/aromatic N) is 2. The van der Waals surface area contributed by atoms with Gasteiger partial charge in [0.05, 0.1) is 0 Å². The molecule has 1 N–H and O–H groups in total. The molecule has 1 aliphatic carbocycles. The van der Waals surface area contributed by atoms with Crippen molar-refractivity contribution >= 4 is 23.2 Å². The number of carbonyl (C=O) groups is 2. The van der Waals surface area contributed by atoms with Gasteiger partial charge in [-0.05, 0) is 51.0 Å². The first-order valence-corrected chi connectivity index (χ1v) is 8.47. The van der Waals surface area contributed by atoms with Gasteiger partial charge in [0.15, 0.2) is 0 Å². The molecule has 0 atom stereocenters. The van der Waals surface area contributed by atoms with Crippen LogP contribution in [0.3, 0.4) is 0 Å². The molecule has 0 unspecified atom stereocenters. The zero-order valence-corrected chi connectivity index (χ0v) is 14.3. The molecular formula is C18H27N3O2. The third kappa shape index (κ3) is 4.98. The van der Waals surface area contributed by atoms with Crippen LogP contribution >= 0.6 is 0 Å². The van der Waals surface area contributed by atoms with E-state index in [1.165, 1.54) is 0 Å². The minimum Gasteiger partial charge on any atom is -0.372 e. The Morgan fingerprint density at radius 2 is 1.74 bits per heavy atom. The first kappa shape index (κ1) is 17.3. The van der Waals surface area contributed by atoms with E-state index in [0.29, 0.717) is 19.0 Å². The summed E-state index contributed by atoms with van der Waals surface area (Å²) < 4.78 is 0. The van der Waals surface area contributed by atoms with Gasteiger partial charge in [-0.3, -0.25) is 9.59 Å². The van der Waals surface area contributed by atoms with Gasteiger partial charge in [0, 0.05) is 50.4 Å². The monoisotopic (exact) mass is 317 g/mol. The lowest BCUT2D eigenvalue weighted by atomic mass is 10.2. The lowest BCUT2D eigenvalue weighted by Crippen LogP contribution is -2.33. The highest BCUT2D eigenvalue weighted by Gasteiger charge is 2.30. The summed E-state index contributed by atoms with van der Waals surface area (Å²) in [5, 5.41) is 2.90. The number of benzene rings is 1. The Hall–Kier alpha value is -2.04. The van der Waals surface area contributed by atoms with Crippen molar-refractivity contribution in [3.63, 3.8) is 0 Å². The molecule has 0 bridgehead atoms. The number of nitrogens with one attached hydrogen (secondary N) is 1. The Labute approximate surface area is 138 Å². The second-order valence-electron chi connectivity index (χ2n) is 5.96. The minimum absolute atomic E-state index is 0.0486. The number of amides is 2. The van der Waals surface area contributed by atoms with Crippen molar-refractivity contribution < 1.29 is 9.59 Å². The molecule has 5 nitrogen and oxygen atoms in total. The molecule has 126 valence electrons. The van der Waals surface area contributed by atoms with Gasteiger partial charge < -0.3 is 15.1 Å². The van der Waals surface area contributed by atoms with Crippen LogP contribution in [0.2, 0.25) is 0 Å². The second-order valence-corrected chi connectivity index (χ2v) is 5.96. The first-order valence-electron chi connectivity index (χ1n) is 8.47. The van der Waals surface area contributed by atoms with Crippen molar-refractivity contribution in [3.8, 4) is 0 Å². The van der Waals surface area contributed by atoms with Gasteiger partial charge >= 0.3 is 0 Å². The van der Waals surface area contributed by atoms with Crippen molar-refractivity contribution in [1.29, 1.82) is 0 Å². The molecule has 1 saturated carbocycles. The summed E-state index contributed by atoms with van der Waals surface area (Å²) in [5.41, 5.74) is 1.95. The molecule has 1 aromatic rings.